The van der Waals surface area contributed by atoms with Crippen LogP contribution in [0.1, 0.15) is 23.8 Å². The average Bonchev–Trinajstić information content (AvgIpc) is 2.66. The number of carbonyl (C=O) groups is 1. The van der Waals surface area contributed by atoms with Crippen LogP contribution in [0, 0.1) is 0 Å². The van der Waals surface area contributed by atoms with Crippen LogP contribution in [0.2, 0.25) is 0 Å². The number of aromatic nitrogens is 3. The Morgan fingerprint density at radius 2 is 2.62 bits per heavy atom. The SMILES string of the molecule is CCC(N)CNC(=O)c1cn[nH]n1. The molecule has 0 saturated heterocycles. The Labute approximate surface area is 75.9 Å². The molecule has 1 heterocycles. The van der Waals surface area contributed by atoms with Crippen molar-refractivity contribution in [3.05, 3.63) is 11.9 Å². The number of H-pyrrole nitrogens is 1. The number of amides is 1. The molecule has 6 heteroatoms. The molecule has 1 unspecified atom stereocenters. The molecule has 0 aliphatic carbocycles. The fourth-order valence-corrected chi connectivity index (χ4v) is 0.770. The van der Waals surface area contributed by atoms with Crippen LogP contribution in [0.3, 0.4) is 0 Å². The van der Waals surface area contributed by atoms with Crippen molar-refractivity contribution in [3.8, 4) is 0 Å². The van der Waals surface area contributed by atoms with E-state index < -0.39 is 0 Å². The second-order valence-corrected chi connectivity index (χ2v) is 2.73. The van der Waals surface area contributed by atoms with E-state index in [1.165, 1.54) is 6.20 Å². The maximum Gasteiger partial charge on any atom is 0.273 e. The largest absolute Gasteiger partial charge is 0.349 e. The third kappa shape index (κ3) is 2.83. The first-order valence-corrected chi connectivity index (χ1v) is 4.13. The molecule has 1 aromatic heterocycles. The van der Waals surface area contributed by atoms with Crippen LogP contribution in [0.4, 0.5) is 0 Å². The van der Waals surface area contributed by atoms with Gasteiger partial charge in [0.1, 0.15) is 0 Å². The Kier molecular flexibility index (Phi) is 3.39. The zero-order valence-electron chi connectivity index (χ0n) is 7.45. The lowest BCUT2D eigenvalue weighted by Gasteiger charge is -2.08. The number of aromatic amines is 1. The predicted molar refractivity (Wildman–Crippen MR) is 47.0 cm³/mol. The Hall–Kier alpha value is -1.43. The second kappa shape index (κ2) is 4.56. The number of hydrogen-bond acceptors (Lipinski definition) is 4. The van der Waals surface area contributed by atoms with Crippen molar-refractivity contribution in [3.63, 3.8) is 0 Å². The first-order chi connectivity index (χ1) is 6.24. The smallest absolute Gasteiger partial charge is 0.273 e. The molecule has 0 fully saturated rings. The van der Waals surface area contributed by atoms with E-state index in [9.17, 15) is 4.79 Å². The van der Waals surface area contributed by atoms with Gasteiger partial charge in [-0.05, 0) is 6.42 Å². The maximum absolute atomic E-state index is 11.2. The Morgan fingerprint density at radius 1 is 1.85 bits per heavy atom. The number of hydrogen-bond donors (Lipinski definition) is 3. The third-order valence-electron chi connectivity index (χ3n) is 1.70. The Bertz CT molecular complexity index is 258. The van der Waals surface area contributed by atoms with E-state index >= 15 is 0 Å². The molecule has 0 aromatic carbocycles. The molecular weight excluding hydrogens is 170 g/mol. The number of nitrogens with two attached hydrogens (primary N) is 1. The van der Waals surface area contributed by atoms with E-state index in [1.54, 1.807) is 0 Å². The standard InChI is InChI=1S/C7H13N5O/c1-2-5(8)3-9-7(13)6-4-10-12-11-6/h4-5H,2-3,8H2,1H3,(H,9,13)(H,10,11,12). The summed E-state index contributed by atoms with van der Waals surface area (Å²) in [6.45, 7) is 2.43. The molecule has 0 radical (unpaired) electrons. The Balaban J connectivity index is 2.35. The number of rotatable bonds is 4. The summed E-state index contributed by atoms with van der Waals surface area (Å²) in [4.78, 5) is 11.2. The van der Waals surface area contributed by atoms with E-state index in [0.29, 0.717) is 6.54 Å². The van der Waals surface area contributed by atoms with E-state index in [4.69, 9.17) is 5.73 Å². The van der Waals surface area contributed by atoms with Crippen LogP contribution in [-0.4, -0.2) is 33.9 Å². The molecule has 0 bridgehead atoms. The van der Waals surface area contributed by atoms with Crippen LogP contribution in [-0.2, 0) is 0 Å². The summed E-state index contributed by atoms with van der Waals surface area (Å²) in [5.74, 6) is -0.252. The molecule has 72 valence electrons. The number of carbonyl (C=O) groups excluding carboxylic acids is 1. The highest BCUT2D eigenvalue weighted by Crippen LogP contribution is 1.89. The van der Waals surface area contributed by atoms with Gasteiger partial charge in [-0.25, -0.2) is 0 Å². The quantitative estimate of drug-likeness (QED) is 0.573. The molecule has 13 heavy (non-hydrogen) atoms. The van der Waals surface area contributed by atoms with Crippen LogP contribution < -0.4 is 11.1 Å². The second-order valence-electron chi connectivity index (χ2n) is 2.73. The van der Waals surface area contributed by atoms with Crippen LogP contribution in [0.25, 0.3) is 0 Å². The molecule has 0 aliphatic heterocycles. The van der Waals surface area contributed by atoms with Crippen molar-refractivity contribution in [1.29, 1.82) is 0 Å². The lowest BCUT2D eigenvalue weighted by molar-refractivity contribution is 0.0946. The van der Waals surface area contributed by atoms with Gasteiger partial charge in [-0.3, -0.25) is 4.79 Å². The van der Waals surface area contributed by atoms with Crippen molar-refractivity contribution >= 4 is 5.91 Å². The fraction of sp³-hybridized carbons (Fsp3) is 0.571. The van der Waals surface area contributed by atoms with Gasteiger partial charge in [0.05, 0.1) is 6.20 Å². The molecule has 0 aliphatic rings. The number of nitrogens with zero attached hydrogens (tertiary/aromatic N) is 2. The first-order valence-electron chi connectivity index (χ1n) is 4.13. The minimum absolute atomic E-state index is 0.00384. The molecule has 0 spiro atoms. The van der Waals surface area contributed by atoms with Crippen molar-refractivity contribution in [2.24, 2.45) is 5.73 Å². The van der Waals surface area contributed by atoms with Gasteiger partial charge >= 0.3 is 0 Å². The van der Waals surface area contributed by atoms with Crippen molar-refractivity contribution in [2.45, 2.75) is 19.4 Å². The highest BCUT2D eigenvalue weighted by Gasteiger charge is 2.08. The molecule has 1 amide bonds. The lowest BCUT2D eigenvalue weighted by Crippen LogP contribution is -2.36. The van der Waals surface area contributed by atoms with Crippen LogP contribution in [0.5, 0.6) is 0 Å². The average molecular weight is 183 g/mol. The maximum atomic E-state index is 11.2. The first kappa shape index (κ1) is 9.66. The highest BCUT2D eigenvalue weighted by molar-refractivity contribution is 5.91. The van der Waals surface area contributed by atoms with Gasteiger partial charge < -0.3 is 11.1 Å². The molecule has 4 N–H and O–H groups in total. The monoisotopic (exact) mass is 183 g/mol. The minimum Gasteiger partial charge on any atom is -0.349 e. The third-order valence-corrected chi connectivity index (χ3v) is 1.70. The van der Waals surface area contributed by atoms with Gasteiger partial charge in [-0.15, -0.1) is 0 Å². The molecule has 1 aromatic rings. The topological polar surface area (TPSA) is 96.7 Å². The minimum atomic E-state index is -0.252. The van der Waals surface area contributed by atoms with E-state index in [0.717, 1.165) is 6.42 Å². The number of nitrogens with one attached hydrogen (secondary N) is 2. The molecule has 1 atom stereocenters. The summed E-state index contributed by atoms with van der Waals surface area (Å²) >= 11 is 0. The van der Waals surface area contributed by atoms with Gasteiger partial charge in [-0.2, -0.15) is 15.4 Å². The van der Waals surface area contributed by atoms with Crippen molar-refractivity contribution < 1.29 is 4.79 Å². The van der Waals surface area contributed by atoms with Crippen molar-refractivity contribution in [2.75, 3.05) is 6.54 Å². The van der Waals surface area contributed by atoms with Crippen molar-refractivity contribution in [1.82, 2.24) is 20.7 Å². The Morgan fingerprint density at radius 3 is 3.15 bits per heavy atom. The van der Waals surface area contributed by atoms with E-state index in [1.807, 2.05) is 6.92 Å². The summed E-state index contributed by atoms with van der Waals surface area (Å²) < 4.78 is 0. The summed E-state index contributed by atoms with van der Waals surface area (Å²) in [5, 5.41) is 12.2. The highest BCUT2D eigenvalue weighted by atomic mass is 16.1. The summed E-state index contributed by atoms with van der Waals surface area (Å²) in [6, 6.07) is -0.00384. The van der Waals surface area contributed by atoms with Crippen LogP contribution >= 0.6 is 0 Å². The lowest BCUT2D eigenvalue weighted by atomic mass is 10.2. The summed E-state index contributed by atoms with van der Waals surface area (Å²) in [5.41, 5.74) is 5.90. The van der Waals surface area contributed by atoms with Crippen LogP contribution in [0.15, 0.2) is 6.20 Å². The summed E-state index contributed by atoms with van der Waals surface area (Å²) in [6.07, 6.45) is 2.20. The van der Waals surface area contributed by atoms with Gasteiger partial charge in [0, 0.05) is 12.6 Å². The molecule has 0 saturated carbocycles. The molecule has 6 nitrogen and oxygen atoms in total. The van der Waals surface area contributed by atoms with Gasteiger partial charge in [-0.1, -0.05) is 6.92 Å². The molecular formula is C7H13N5O. The van der Waals surface area contributed by atoms with Gasteiger partial charge in [0.2, 0.25) is 0 Å². The van der Waals surface area contributed by atoms with Gasteiger partial charge in [0.25, 0.3) is 5.91 Å². The summed E-state index contributed by atoms with van der Waals surface area (Å²) in [7, 11) is 0. The zero-order valence-corrected chi connectivity index (χ0v) is 7.45. The van der Waals surface area contributed by atoms with E-state index in [-0.39, 0.29) is 17.6 Å². The van der Waals surface area contributed by atoms with E-state index in [2.05, 4.69) is 20.7 Å². The molecule has 1 rings (SSSR count). The predicted octanol–water partition coefficient (Wildman–Crippen LogP) is -0.728. The fourth-order valence-electron chi connectivity index (χ4n) is 0.770. The van der Waals surface area contributed by atoms with Gasteiger partial charge in [0.15, 0.2) is 5.69 Å². The normalized spacial score (nSPS) is 12.5. The zero-order chi connectivity index (χ0) is 9.68.